The molecule has 0 unspecified atom stereocenters. The van der Waals surface area contributed by atoms with E-state index in [-0.39, 0.29) is 17.8 Å². The van der Waals surface area contributed by atoms with Crippen LogP contribution in [0.15, 0.2) is 107 Å². The van der Waals surface area contributed by atoms with Gasteiger partial charge in [-0.05, 0) is 53.9 Å². The Balaban J connectivity index is 1.11. The number of nitrogens with one attached hydrogen (secondary N) is 2. The van der Waals surface area contributed by atoms with Crippen molar-refractivity contribution in [3.05, 3.63) is 147 Å². The molecule has 3 heterocycles. The minimum Gasteiger partial charge on any atom is -0.467 e. The van der Waals surface area contributed by atoms with E-state index in [1.165, 1.54) is 42.2 Å². The Kier molecular flexibility index (Phi) is 10.0. The van der Waals surface area contributed by atoms with Gasteiger partial charge in [0.05, 0.1) is 29.9 Å². The van der Waals surface area contributed by atoms with Crippen LogP contribution in [0.2, 0.25) is 0 Å². The molecule has 6 rings (SSSR count). The van der Waals surface area contributed by atoms with Gasteiger partial charge in [0.2, 0.25) is 0 Å². The molecule has 2 N–H and O–H groups in total. The number of aromatic nitrogens is 5. The Bertz CT molecular complexity index is 2320. The number of halogens is 2. The highest BCUT2D eigenvalue weighted by molar-refractivity contribution is 5.97. The zero-order valence-corrected chi connectivity index (χ0v) is 27.5. The van der Waals surface area contributed by atoms with Crippen molar-refractivity contribution in [1.29, 1.82) is 0 Å². The lowest BCUT2D eigenvalue weighted by atomic mass is 10.0. The summed E-state index contributed by atoms with van der Waals surface area (Å²) in [6.45, 7) is 0.358. The molecular weight excluding hydrogens is 660 g/mol. The van der Waals surface area contributed by atoms with E-state index in [1.807, 2.05) is 24.3 Å². The second-order valence-electron chi connectivity index (χ2n) is 11.6. The number of amides is 1. The van der Waals surface area contributed by atoms with Crippen LogP contribution in [0.25, 0.3) is 28.0 Å². The van der Waals surface area contributed by atoms with Gasteiger partial charge in [-0.2, -0.15) is 0 Å². The van der Waals surface area contributed by atoms with Crippen LogP contribution in [0.1, 0.15) is 21.5 Å². The van der Waals surface area contributed by atoms with Gasteiger partial charge in [0.15, 0.2) is 5.82 Å². The SMILES string of the molecule is COC(=O)[C@H](Cc1ccc(-n2c(=O)c3ccncc3n(C)c2=O)cc1)NC(=O)c1c(F)cc(NCCc2ccc(-c3ncccn3)cc2)cc1F. The third-order valence-electron chi connectivity index (χ3n) is 8.29. The fraction of sp³-hybridized carbons (Fsp3) is 0.162. The Morgan fingerprint density at radius 2 is 1.57 bits per heavy atom. The van der Waals surface area contributed by atoms with Gasteiger partial charge in [-0.15, -0.1) is 0 Å². The smallest absolute Gasteiger partial charge is 0.335 e. The van der Waals surface area contributed by atoms with Crippen LogP contribution < -0.4 is 21.9 Å². The molecule has 0 fully saturated rings. The number of ether oxygens (including phenoxy) is 1. The van der Waals surface area contributed by atoms with Crippen molar-refractivity contribution in [2.45, 2.75) is 18.9 Å². The summed E-state index contributed by atoms with van der Waals surface area (Å²) in [6.07, 6.45) is 6.65. The Labute approximate surface area is 289 Å². The van der Waals surface area contributed by atoms with Gasteiger partial charge in [0.1, 0.15) is 23.2 Å². The number of esters is 1. The number of aryl methyl sites for hydroxylation is 1. The first-order chi connectivity index (χ1) is 24.6. The Morgan fingerprint density at radius 3 is 2.24 bits per heavy atom. The maximum absolute atomic E-state index is 15.1. The fourth-order valence-electron chi connectivity index (χ4n) is 5.62. The molecule has 0 bridgehead atoms. The predicted octanol–water partition coefficient (Wildman–Crippen LogP) is 3.99. The molecule has 3 aromatic carbocycles. The van der Waals surface area contributed by atoms with Crippen molar-refractivity contribution in [1.82, 2.24) is 29.4 Å². The van der Waals surface area contributed by atoms with Crippen LogP contribution in [-0.2, 0) is 29.4 Å². The number of carbonyl (C=O) groups is 2. The number of fused-ring (bicyclic) bond motifs is 1. The molecule has 1 atom stereocenters. The van der Waals surface area contributed by atoms with Gasteiger partial charge in [-0.25, -0.2) is 32.9 Å². The summed E-state index contributed by atoms with van der Waals surface area (Å²) >= 11 is 0. The third kappa shape index (κ3) is 7.39. The Morgan fingerprint density at radius 1 is 0.902 bits per heavy atom. The van der Waals surface area contributed by atoms with Crippen LogP contribution in [0.3, 0.4) is 0 Å². The molecule has 6 aromatic rings. The number of rotatable bonds is 11. The number of benzene rings is 3. The molecule has 0 aliphatic carbocycles. The molecule has 0 spiro atoms. The maximum Gasteiger partial charge on any atom is 0.335 e. The van der Waals surface area contributed by atoms with E-state index in [2.05, 4.69) is 25.6 Å². The van der Waals surface area contributed by atoms with Gasteiger partial charge in [-0.1, -0.05) is 36.4 Å². The van der Waals surface area contributed by atoms with Gasteiger partial charge in [0, 0.05) is 49.9 Å². The maximum atomic E-state index is 15.1. The third-order valence-corrected chi connectivity index (χ3v) is 8.29. The van der Waals surface area contributed by atoms with Gasteiger partial charge in [-0.3, -0.25) is 19.1 Å². The highest BCUT2D eigenvalue weighted by atomic mass is 19.1. The molecule has 14 heteroatoms. The zero-order chi connectivity index (χ0) is 36.1. The average molecular weight is 692 g/mol. The van der Waals surface area contributed by atoms with Crippen molar-refractivity contribution in [2.75, 3.05) is 19.0 Å². The van der Waals surface area contributed by atoms with Gasteiger partial charge >= 0.3 is 11.7 Å². The molecular formula is C37H31F2N7O5. The number of methoxy groups -OCH3 is 1. The standard InChI is InChI=1S/C37H31F2N7O5/c1-45-31-21-40-16-13-27(31)35(48)46(37(45)50)26-10-6-23(7-11-26)18-30(36(49)51-2)44-34(47)32-28(38)19-25(20-29(32)39)41-17-12-22-4-8-24(9-5-22)33-42-14-3-15-43-33/h3-11,13-16,19-21,30,41H,12,17-18H2,1-2H3,(H,44,47)/t30-/m0/s1. The molecule has 0 saturated heterocycles. The Hall–Kier alpha value is -6.57. The summed E-state index contributed by atoms with van der Waals surface area (Å²) < 4.78 is 37.4. The first-order valence-corrected chi connectivity index (χ1v) is 15.8. The van der Waals surface area contributed by atoms with Gasteiger partial charge in [0.25, 0.3) is 11.5 Å². The summed E-state index contributed by atoms with van der Waals surface area (Å²) in [5.74, 6) is -3.62. The van der Waals surface area contributed by atoms with Crippen molar-refractivity contribution in [2.24, 2.45) is 7.05 Å². The van der Waals surface area contributed by atoms with Crippen molar-refractivity contribution in [3.8, 4) is 17.1 Å². The number of hydrogen-bond acceptors (Lipinski definition) is 9. The first-order valence-electron chi connectivity index (χ1n) is 15.8. The minimum absolute atomic E-state index is 0.114. The normalized spacial score (nSPS) is 11.6. The largest absolute Gasteiger partial charge is 0.467 e. The lowest BCUT2D eigenvalue weighted by Crippen LogP contribution is -2.43. The number of carbonyl (C=O) groups excluding carboxylic acids is 2. The molecule has 0 radical (unpaired) electrons. The van der Waals surface area contributed by atoms with Crippen LogP contribution in [0.4, 0.5) is 14.5 Å². The molecule has 0 aliphatic rings. The number of anilines is 1. The summed E-state index contributed by atoms with van der Waals surface area (Å²) in [5, 5.41) is 5.64. The minimum atomic E-state index is -1.31. The van der Waals surface area contributed by atoms with E-state index in [0.29, 0.717) is 35.3 Å². The van der Waals surface area contributed by atoms with Crippen molar-refractivity contribution in [3.63, 3.8) is 0 Å². The van der Waals surface area contributed by atoms with Crippen LogP contribution in [0.5, 0.6) is 0 Å². The van der Waals surface area contributed by atoms with Crippen molar-refractivity contribution < 1.29 is 23.1 Å². The summed E-state index contributed by atoms with van der Waals surface area (Å²) in [4.78, 5) is 64.3. The van der Waals surface area contributed by atoms with E-state index in [1.54, 1.807) is 30.6 Å². The monoisotopic (exact) mass is 691 g/mol. The quantitative estimate of drug-likeness (QED) is 0.192. The first kappa shape index (κ1) is 34.3. The highest BCUT2D eigenvalue weighted by Crippen LogP contribution is 2.21. The molecule has 12 nitrogen and oxygen atoms in total. The molecule has 51 heavy (non-hydrogen) atoms. The summed E-state index contributed by atoms with van der Waals surface area (Å²) in [7, 11) is 2.65. The predicted molar refractivity (Wildman–Crippen MR) is 186 cm³/mol. The van der Waals surface area contributed by atoms with Gasteiger partial charge < -0.3 is 15.4 Å². The number of nitrogens with zero attached hydrogens (tertiary/aromatic N) is 5. The topological polar surface area (TPSA) is 150 Å². The molecule has 258 valence electrons. The van der Waals surface area contributed by atoms with Crippen LogP contribution in [-0.4, -0.2) is 55.7 Å². The number of pyridine rings is 1. The van der Waals surface area contributed by atoms with E-state index in [9.17, 15) is 19.2 Å². The lowest BCUT2D eigenvalue weighted by Gasteiger charge is -2.18. The lowest BCUT2D eigenvalue weighted by molar-refractivity contribution is -0.142. The molecule has 0 saturated carbocycles. The summed E-state index contributed by atoms with van der Waals surface area (Å²) in [5.41, 5.74) is 1.17. The van der Waals surface area contributed by atoms with E-state index in [0.717, 1.165) is 34.9 Å². The van der Waals surface area contributed by atoms with E-state index < -0.39 is 46.4 Å². The van der Waals surface area contributed by atoms with Crippen LogP contribution >= 0.6 is 0 Å². The average Bonchev–Trinajstić information content (AvgIpc) is 3.14. The van der Waals surface area contributed by atoms with Crippen molar-refractivity contribution >= 4 is 28.5 Å². The number of hydrogen-bond donors (Lipinski definition) is 2. The molecule has 0 aliphatic heterocycles. The zero-order valence-electron chi connectivity index (χ0n) is 27.5. The second-order valence-corrected chi connectivity index (χ2v) is 11.6. The highest BCUT2D eigenvalue weighted by Gasteiger charge is 2.27. The fourth-order valence-corrected chi connectivity index (χ4v) is 5.62. The second kappa shape index (κ2) is 14.9. The van der Waals surface area contributed by atoms with Crippen LogP contribution in [0, 0.1) is 11.6 Å². The molecule has 1 amide bonds. The summed E-state index contributed by atoms with van der Waals surface area (Å²) in [6, 6.07) is 17.7. The molecule has 3 aromatic heterocycles. The van der Waals surface area contributed by atoms with E-state index >= 15 is 8.78 Å². The van der Waals surface area contributed by atoms with E-state index in [4.69, 9.17) is 4.74 Å².